The predicted octanol–water partition coefficient (Wildman–Crippen LogP) is 4.99. The van der Waals surface area contributed by atoms with Crippen LogP contribution in [0.1, 0.15) is 22.3 Å². The Labute approximate surface area is 145 Å². The highest BCUT2D eigenvalue weighted by Crippen LogP contribution is 2.27. The molecule has 0 spiro atoms. The third-order valence-electron chi connectivity index (χ3n) is 3.73. The van der Waals surface area contributed by atoms with Gasteiger partial charge in [0.15, 0.2) is 6.10 Å². The van der Waals surface area contributed by atoms with Crippen LogP contribution in [0, 0.1) is 20.8 Å². The highest BCUT2D eigenvalue weighted by atomic mass is 35.5. The van der Waals surface area contributed by atoms with E-state index in [2.05, 4.69) is 0 Å². The summed E-state index contributed by atoms with van der Waals surface area (Å²) >= 11 is 12.0. The van der Waals surface area contributed by atoms with Crippen molar-refractivity contribution in [3.8, 4) is 5.75 Å². The van der Waals surface area contributed by atoms with Crippen LogP contribution < -0.4 is 4.74 Å². The molecule has 0 bridgehead atoms. The summed E-state index contributed by atoms with van der Waals surface area (Å²) in [5, 5.41) is 10.4. The van der Waals surface area contributed by atoms with Gasteiger partial charge in [-0.05, 0) is 61.2 Å². The Kier molecular flexibility index (Phi) is 5.55. The fourth-order valence-electron chi connectivity index (χ4n) is 2.34. The van der Waals surface area contributed by atoms with Gasteiger partial charge in [0.2, 0.25) is 0 Å². The topological polar surface area (TPSA) is 46.5 Å². The van der Waals surface area contributed by atoms with Gasteiger partial charge < -0.3 is 9.84 Å². The molecule has 0 heterocycles. The molecule has 1 atom stereocenters. The lowest BCUT2D eigenvalue weighted by Gasteiger charge is -2.19. The van der Waals surface area contributed by atoms with Crippen molar-refractivity contribution in [2.45, 2.75) is 33.3 Å². The lowest BCUT2D eigenvalue weighted by Crippen LogP contribution is -2.30. The number of ether oxygens (including phenoxy) is 1. The van der Waals surface area contributed by atoms with Crippen molar-refractivity contribution >= 4 is 29.2 Å². The molecule has 0 saturated carbocycles. The maximum atomic E-state index is 11.6. The number of aliphatic carboxylic acids is 1. The molecule has 23 heavy (non-hydrogen) atoms. The number of halogens is 2. The first-order valence-electron chi connectivity index (χ1n) is 7.19. The normalized spacial score (nSPS) is 12.0. The first-order chi connectivity index (χ1) is 10.8. The van der Waals surface area contributed by atoms with Crippen molar-refractivity contribution in [1.82, 2.24) is 0 Å². The Morgan fingerprint density at radius 2 is 1.87 bits per heavy atom. The lowest BCUT2D eigenvalue weighted by molar-refractivity contribution is -0.145. The molecule has 0 amide bonds. The third-order valence-corrected chi connectivity index (χ3v) is 4.32. The van der Waals surface area contributed by atoms with Gasteiger partial charge in [-0.2, -0.15) is 0 Å². The van der Waals surface area contributed by atoms with Gasteiger partial charge in [0.05, 0.1) is 0 Å². The van der Waals surface area contributed by atoms with Crippen LogP contribution in [0.5, 0.6) is 5.75 Å². The van der Waals surface area contributed by atoms with E-state index in [1.54, 1.807) is 18.2 Å². The number of hydrogen-bond donors (Lipinski definition) is 1. The molecule has 2 aromatic carbocycles. The Hall–Kier alpha value is -1.71. The number of rotatable bonds is 5. The number of benzene rings is 2. The van der Waals surface area contributed by atoms with Crippen molar-refractivity contribution < 1.29 is 14.6 Å². The van der Waals surface area contributed by atoms with Gasteiger partial charge in [0.1, 0.15) is 5.75 Å². The minimum atomic E-state index is -1.03. The summed E-state index contributed by atoms with van der Waals surface area (Å²) in [5.41, 5.74) is 3.71. The van der Waals surface area contributed by atoms with Crippen molar-refractivity contribution in [3.05, 3.63) is 62.6 Å². The maximum Gasteiger partial charge on any atom is 0.345 e. The monoisotopic (exact) mass is 352 g/mol. The summed E-state index contributed by atoms with van der Waals surface area (Å²) in [6.07, 6.45) is -0.855. The molecular weight excluding hydrogens is 335 g/mol. The van der Waals surface area contributed by atoms with E-state index in [1.165, 1.54) is 0 Å². The van der Waals surface area contributed by atoms with E-state index in [9.17, 15) is 9.90 Å². The Morgan fingerprint density at radius 1 is 1.17 bits per heavy atom. The average molecular weight is 353 g/mol. The number of carboxylic acid groups (broad SMARTS) is 1. The molecule has 2 aromatic rings. The molecule has 0 saturated heterocycles. The number of hydrogen-bond acceptors (Lipinski definition) is 2. The van der Waals surface area contributed by atoms with Crippen LogP contribution in [0.25, 0.3) is 0 Å². The largest absolute Gasteiger partial charge is 0.478 e. The van der Waals surface area contributed by atoms with Crippen molar-refractivity contribution in [1.29, 1.82) is 0 Å². The first-order valence-corrected chi connectivity index (χ1v) is 7.94. The van der Waals surface area contributed by atoms with Crippen LogP contribution in [-0.4, -0.2) is 17.2 Å². The fourth-order valence-corrected chi connectivity index (χ4v) is 2.83. The predicted molar refractivity (Wildman–Crippen MR) is 92.9 cm³/mol. The second-order valence-electron chi connectivity index (χ2n) is 5.59. The van der Waals surface area contributed by atoms with Crippen LogP contribution in [0.3, 0.4) is 0 Å². The van der Waals surface area contributed by atoms with Gasteiger partial charge in [-0.25, -0.2) is 4.79 Å². The molecule has 0 aliphatic rings. The number of aryl methyl sites for hydroxylation is 2. The molecule has 0 fully saturated rings. The van der Waals surface area contributed by atoms with Gasteiger partial charge in [0.25, 0.3) is 0 Å². The van der Waals surface area contributed by atoms with Gasteiger partial charge >= 0.3 is 5.97 Å². The van der Waals surface area contributed by atoms with E-state index in [1.807, 2.05) is 32.9 Å². The van der Waals surface area contributed by atoms with E-state index >= 15 is 0 Å². The highest BCUT2D eigenvalue weighted by molar-refractivity contribution is 6.35. The fraction of sp³-hybridized carbons (Fsp3) is 0.278. The molecule has 1 N–H and O–H groups in total. The van der Waals surface area contributed by atoms with E-state index < -0.39 is 12.1 Å². The Balaban J connectivity index is 2.28. The summed E-state index contributed by atoms with van der Waals surface area (Å²) in [7, 11) is 0. The number of carboxylic acids is 1. The summed E-state index contributed by atoms with van der Waals surface area (Å²) in [6.45, 7) is 5.84. The van der Waals surface area contributed by atoms with Crippen LogP contribution in [0.15, 0.2) is 30.3 Å². The molecule has 0 aliphatic carbocycles. The lowest BCUT2D eigenvalue weighted by atomic mass is 10.0. The van der Waals surface area contributed by atoms with E-state index in [4.69, 9.17) is 27.9 Å². The quantitative estimate of drug-likeness (QED) is 0.823. The molecule has 0 radical (unpaired) electrons. The molecule has 5 heteroatoms. The molecule has 0 unspecified atom stereocenters. The second kappa shape index (κ2) is 7.24. The summed E-state index contributed by atoms with van der Waals surface area (Å²) < 4.78 is 5.77. The highest BCUT2D eigenvalue weighted by Gasteiger charge is 2.22. The molecule has 2 rings (SSSR count). The SMILES string of the molecule is Cc1cc(C)c(C)c(O[C@@H](Cc2ccc(Cl)cc2Cl)C(=O)O)c1. The molecule has 0 aromatic heterocycles. The molecule has 122 valence electrons. The van der Waals surface area contributed by atoms with Crippen LogP contribution in [0.2, 0.25) is 10.0 Å². The zero-order chi connectivity index (χ0) is 17.1. The minimum Gasteiger partial charge on any atom is -0.478 e. The standard InChI is InChI=1S/C18H18Cl2O3/c1-10-6-11(2)12(3)16(7-10)23-17(18(21)22)8-13-4-5-14(19)9-15(13)20/h4-7,9,17H,8H2,1-3H3,(H,21,22)/t17-/m0/s1. The van der Waals surface area contributed by atoms with Gasteiger partial charge in [-0.1, -0.05) is 35.3 Å². The summed E-state index contributed by atoms with van der Waals surface area (Å²) in [5.74, 6) is -0.449. The summed E-state index contributed by atoms with van der Waals surface area (Å²) in [6, 6.07) is 8.89. The number of carbonyl (C=O) groups is 1. The molecular formula is C18H18Cl2O3. The second-order valence-corrected chi connectivity index (χ2v) is 6.43. The van der Waals surface area contributed by atoms with Gasteiger partial charge in [0, 0.05) is 16.5 Å². The van der Waals surface area contributed by atoms with Crippen LogP contribution >= 0.6 is 23.2 Å². The zero-order valence-corrected chi connectivity index (χ0v) is 14.7. The smallest absolute Gasteiger partial charge is 0.345 e. The maximum absolute atomic E-state index is 11.6. The first kappa shape index (κ1) is 17.6. The van der Waals surface area contributed by atoms with E-state index in [0.29, 0.717) is 21.4 Å². The van der Waals surface area contributed by atoms with Gasteiger partial charge in [-0.15, -0.1) is 0 Å². The van der Waals surface area contributed by atoms with E-state index in [-0.39, 0.29) is 6.42 Å². The van der Waals surface area contributed by atoms with Crippen molar-refractivity contribution in [3.63, 3.8) is 0 Å². The van der Waals surface area contributed by atoms with E-state index in [0.717, 1.165) is 16.7 Å². The molecule has 0 aliphatic heterocycles. The van der Waals surface area contributed by atoms with Crippen molar-refractivity contribution in [2.24, 2.45) is 0 Å². The molecule has 3 nitrogen and oxygen atoms in total. The average Bonchev–Trinajstić information content (AvgIpc) is 2.45. The Morgan fingerprint density at radius 3 is 2.48 bits per heavy atom. The summed E-state index contributed by atoms with van der Waals surface area (Å²) in [4.78, 5) is 11.6. The zero-order valence-electron chi connectivity index (χ0n) is 13.2. The van der Waals surface area contributed by atoms with Gasteiger partial charge in [-0.3, -0.25) is 0 Å². The van der Waals surface area contributed by atoms with Crippen molar-refractivity contribution in [2.75, 3.05) is 0 Å². The van der Waals surface area contributed by atoms with Crippen LogP contribution in [-0.2, 0) is 11.2 Å². The van der Waals surface area contributed by atoms with Crippen LogP contribution in [0.4, 0.5) is 0 Å². The minimum absolute atomic E-state index is 0.164. The third kappa shape index (κ3) is 4.40. The Bertz CT molecular complexity index is 741.